The monoisotopic (exact) mass is 414 g/mol. The van der Waals surface area contributed by atoms with Crippen LogP contribution in [0.1, 0.15) is 29.2 Å². The lowest BCUT2D eigenvalue weighted by Gasteiger charge is -2.30. The topological polar surface area (TPSA) is 68.7 Å². The molecule has 0 bridgehead atoms. The third-order valence-corrected chi connectivity index (χ3v) is 5.75. The Morgan fingerprint density at radius 3 is 2.76 bits per heavy atom. The van der Waals surface area contributed by atoms with E-state index < -0.39 is 6.10 Å². The van der Waals surface area contributed by atoms with E-state index in [4.69, 9.17) is 0 Å². The molecule has 0 saturated carbocycles. The summed E-state index contributed by atoms with van der Waals surface area (Å²) >= 11 is 0. The number of aliphatic hydroxyl groups is 1. The van der Waals surface area contributed by atoms with Crippen LogP contribution in [0.2, 0.25) is 0 Å². The molecular formula is C22H30N4O2S. The molecule has 1 aromatic heterocycles. The van der Waals surface area contributed by atoms with Gasteiger partial charge in [-0.3, -0.25) is 9.88 Å². The Labute approximate surface area is 179 Å². The minimum atomic E-state index is -0.566. The van der Waals surface area contributed by atoms with Crippen molar-refractivity contribution in [3.8, 4) is 0 Å². The van der Waals surface area contributed by atoms with Crippen molar-refractivity contribution in [3.05, 3.63) is 65.5 Å². The van der Waals surface area contributed by atoms with Crippen LogP contribution in [-0.2, 0) is 13.0 Å². The summed E-state index contributed by atoms with van der Waals surface area (Å²) in [6.07, 6.45) is 3.18. The molecule has 2 N–H and O–H groups in total. The van der Waals surface area contributed by atoms with E-state index in [0.717, 1.165) is 38.2 Å². The standard InChI is InChI=1S/C22H28N4O2.H2S/c27-20(16-25-11-8-17-5-1-2-6-18(17)14-25)13-24-22(28)26-12-9-19(15-26)21-7-3-4-10-23-21;/h1-7,10,19-20,27H,8-9,11-16H2,(H,24,28);1H2/t19?,20-;/m0./s1. The fourth-order valence-electron chi connectivity index (χ4n) is 4.19. The number of benzene rings is 1. The number of nitrogens with one attached hydrogen (secondary N) is 1. The summed E-state index contributed by atoms with van der Waals surface area (Å²) in [5.74, 6) is 0.297. The van der Waals surface area contributed by atoms with E-state index in [2.05, 4.69) is 39.5 Å². The summed E-state index contributed by atoms with van der Waals surface area (Å²) in [5, 5.41) is 13.3. The van der Waals surface area contributed by atoms with Gasteiger partial charge in [0.1, 0.15) is 0 Å². The molecule has 0 aliphatic carbocycles. The van der Waals surface area contributed by atoms with E-state index in [1.807, 2.05) is 23.1 Å². The maximum absolute atomic E-state index is 12.5. The highest BCUT2D eigenvalue weighted by Gasteiger charge is 2.28. The number of urea groups is 1. The number of hydrogen-bond acceptors (Lipinski definition) is 4. The minimum absolute atomic E-state index is 0. The summed E-state index contributed by atoms with van der Waals surface area (Å²) in [7, 11) is 0. The fourth-order valence-corrected chi connectivity index (χ4v) is 4.19. The Hall–Kier alpha value is -2.09. The lowest BCUT2D eigenvalue weighted by molar-refractivity contribution is 0.104. The number of hydrogen-bond donors (Lipinski definition) is 2. The van der Waals surface area contributed by atoms with Crippen LogP contribution in [0.5, 0.6) is 0 Å². The first-order chi connectivity index (χ1) is 13.7. The number of β-amino-alcohol motifs (C(OH)–C–C–N with tert-alkyl or cyclic N) is 1. The lowest BCUT2D eigenvalue weighted by Crippen LogP contribution is -2.45. The predicted octanol–water partition coefficient (Wildman–Crippen LogP) is 2.11. The van der Waals surface area contributed by atoms with Crippen molar-refractivity contribution in [3.63, 3.8) is 0 Å². The van der Waals surface area contributed by atoms with Gasteiger partial charge in [-0.2, -0.15) is 13.5 Å². The normalized spacial score (nSPS) is 19.9. The van der Waals surface area contributed by atoms with E-state index >= 15 is 0 Å². The number of amides is 2. The van der Waals surface area contributed by atoms with Crippen LogP contribution >= 0.6 is 13.5 Å². The second-order valence-electron chi connectivity index (χ2n) is 7.78. The SMILES string of the molecule is O=C(NC[C@H](O)CN1CCc2ccccc2C1)N1CCC(c2ccccn2)C1.S. The molecule has 4 rings (SSSR count). The molecule has 6 nitrogen and oxygen atoms in total. The van der Waals surface area contributed by atoms with Gasteiger partial charge in [-0.25, -0.2) is 4.79 Å². The number of carbonyl (C=O) groups excluding carboxylic acids is 1. The Morgan fingerprint density at radius 1 is 1.17 bits per heavy atom. The van der Waals surface area contributed by atoms with Crippen molar-refractivity contribution in [1.29, 1.82) is 0 Å². The molecule has 2 amide bonds. The maximum atomic E-state index is 12.5. The highest BCUT2D eigenvalue weighted by Crippen LogP contribution is 2.25. The smallest absolute Gasteiger partial charge is 0.317 e. The van der Waals surface area contributed by atoms with Crippen molar-refractivity contribution in [2.75, 3.05) is 32.7 Å². The van der Waals surface area contributed by atoms with Crippen molar-refractivity contribution in [1.82, 2.24) is 20.1 Å². The third kappa shape index (κ3) is 5.50. The first-order valence-corrected chi connectivity index (χ1v) is 10.1. The van der Waals surface area contributed by atoms with Gasteiger partial charge < -0.3 is 15.3 Å². The minimum Gasteiger partial charge on any atom is -0.390 e. The van der Waals surface area contributed by atoms with Gasteiger partial charge in [-0.1, -0.05) is 30.3 Å². The molecule has 0 radical (unpaired) electrons. The molecule has 156 valence electrons. The average molecular weight is 415 g/mol. The van der Waals surface area contributed by atoms with Crippen molar-refractivity contribution in [2.45, 2.75) is 31.4 Å². The van der Waals surface area contributed by atoms with E-state index in [0.29, 0.717) is 19.0 Å². The summed E-state index contributed by atoms with van der Waals surface area (Å²) in [6, 6.07) is 14.3. The van der Waals surface area contributed by atoms with Gasteiger partial charge in [0.05, 0.1) is 6.10 Å². The summed E-state index contributed by atoms with van der Waals surface area (Å²) in [4.78, 5) is 20.9. The second-order valence-corrected chi connectivity index (χ2v) is 7.78. The molecule has 2 aliphatic rings. The Morgan fingerprint density at radius 2 is 1.97 bits per heavy atom. The summed E-state index contributed by atoms with van der Waals surface area (Å²) < 4.78 is 0. The number of nitrogens with zero attached hydrogens (tertiary/aromatic N) is 3. The Balaban J connectivity index is 0.00000240. The zero-order chi connectivity index (χ0) is 19.3. The van der Waals surface area contributed by atoms with Crippen LogP contribution in [0.3, 0.4) is 0 Å². The quantitative estimate of drug-likeness (QED) is 0.786. The van der Waals surface area contributed by atoms with Crippen LogP contribution in [0.15, 0.2) is 48.7 Å². The molecule has 29 heavy (non-hydrogen) atoms. The van der Waals surface area contributed by atoms with Crippen molar-refractivity contribution < 1.29 is 9.90 Å². The van der Waals surface area contributed by atoms with Gasteiger partial charge >= 0.3 is 6.03 Å². The van der Waals surface area contributed by atoms with Crippen LogP contribution in [0.4, 0.5) is 4.79 Å². The van der Waals surface area contributed by atoms with Gasteiger partial charge in [-0.05, 0) is 36.1 Å². The highest BCUT2D eigenvalue weighted by molar-refractivity contribution is 7.59. The van der Waals surface area contributed by atoms with Gasteiger partial charge in [0.15, 0.2) is 0 Å². The third-order valence-electron chi connectivity index (χ3n) is 5.75. The molecule has 1 aromatic carbocycles. The molecule has 2 atom stereocenters. The molecule has 0 spiro atoms. The predicted molar refractivity (Wildman–Crippen MR) is 118 cm³/mol. The molecule has 7 heteroatoms. The van der Waals surface area contributed by atoms with Gasteiger partial charge in [-0.15, -0.1) is 0 Å². The fraction of sp³-hybridized carbons (Fsp3) is 0.455. The molecule has 2 aliphatic heterocycles. The molecular weight excluding hydrogens is 384 g/mol. The molecule has 2 aromatic rings. The van der Waals surface area contributed by atoms with E-state index in [1.54, 1.807) is 6.20 Å². The zero-order valence-corrected chi connectivity index (χ0v) is 17.6. The number of pyridine rings is 1. The second kappa shape index (κ2) is 10.1. The number of fused-ring (bicyclic) bond motifs is 1. The molecule has 1 unspecified atom stereocenters. The van der Waals surface area contributed by atoms with Gasteiger partial charge in [0.25, 0.3) is 0 Å². The number of carbonyl (C=O) groups is 1. The number of aromatic nitrogens is 1. The van der Waals surface area contributed by atoms with Crippen molar-refractivity contribution in [2.24, 2.45) is 0 Å². The Kier molecular flexibility index (Phi) is 7.52. The van der Waals surface area contributed by atoms with Crippen LogP contribution in [-0.4, -0.2) is 64.7 Å². The average Bonchev–Trinajstić information content (AvgIpc) is 3.23. The number of aliphatic hydroxyl groups excluding tert-OH is 1. The van der Waals surface area contributed by atoms with E-state index in [-0.39, 0.29) is 26.1 Å². The van der Waals surface area contributed by atoms with E-state index in [9.17, 15) is 9.90 Å². The maximum Gasteiger partial charge on any atom is 0.317 e. The number of rotatable bonds is 5. The first-order valence-electron chi connectivity index (χ1n) is 10.1. The molecule has 1 fully saturated rings. The molecule has 3 heterocycles. The number of likely N-dealkylation sites (tertiary alicyclic amines) is 1. The Bertz CT molecular complexity index is 804. The summed E-state index contributed by atoms with van der Waals surface area (Å²) in [5.41, 5.74) is 3.78. The lowest BCUT2D eigenvalue weighted by atomic mass is 10.00. The zero-order valence-electron chi connectivity index (χ0n) is 16.6. The summed E-state index contributed by atoms with van der Waals surface area (Å²) in [6.45, 7) is 4.07. The largest absolute Gasteiger partial charge is 0.390 e. The van der Waals surface area contributed by atoms with E-state index in [1.165, 1.54) is 11.1 Å². The van der Waals surface area contributed by atoms with Crippen LogP contribution in [0.25, 0.3) is 0 Å². The first kappa shape index (κ1) is 21.6. The van der Waals surface area contributed by atoms with Gasteiger partial charge in [0.2, 0.25) is 0 Å². The highest BCUT2D eigenvalue weighted by atomic mass is 32.1. The molecule has 1 saturated heterocycles. The van der Waals surface area contributed by atoms with Crippen molar-refractivity contribution >= 4 is 19.5 Å². The van der Waals surface area contributed by atoms with Crippen LogP contribution in [0, 0.1) is 0 Å². The van der Waals surface area contributed by atoms with Gasteiger partial charge in [0, 0.05) is 57.1 Å². The van der Waals surface area contributed by atoms with Crippen LogP contribution < -0.4 is 5.32 Å².